The smallest absolute Gasteiger partial charge is 0.351 e. The molecule has 0 aliphatic carbocycles. The lowest BCUT2D eigenvalue weighted by atomic mass is 10.2. The predicted molar refractivity (Wildman–Crippen MR) is 79.2 cm³/mol. The van der Waals surface area contributed by atoms with Crippen molar-refractivity contribution in [3.05, 3.63) is 40.7 Å². The zero-order valence-corrected chi connectivity index (χ0v) is 13.0. The summed E-state index contributed by atoms with van der Waals surface area (Å²) in [7, 11) is 0. The van der Waals surface area contributed by atoms with Crippen LogP contribution in [-0.2, 0) is 17.5 Å². The Labute approximate surface area is 138 Å². The van der Waals surface area contributed by atoms with E-state index in [1.807, 2.05) is 0 Å². The second-order valence-corrected chi connectivity index (χ2v) is 5.74. The predicted octanol–water partition coefficient (Wildman–Crippen LogP) is 2.07. The van der Waals surface area contributed by atoms with Gasteiger partial charge in [-0.3, -0.25) is 4.79 Å². The molecule has 0 spiro atoms. The topological polar surface area (TPSA) is 85.8 Å². The second kappa shape index (κ2) is 7.09. The van der Waals surface area contributed by atoms with E-state index < -0.39 is 12.0 Å². The van der Waals surface area contributed by atoms with Crippen molar-refractivity contribution in [2.45, 2.75) is 17.9 Å². The normalized spacial score (nSPS) is 11.5. The lowest BCUT2D eigenvalue weighted by molar-refractivity contribution is -0.146. The van der Waals surface area contributed by atoms with Crippen LogP contribution < -0.4 is 11.2 Å². The number of alkyl halides is 3. The average molecular weight is 366 g/mol. The van der Waals surface area contributed by atoms with Gasteiger partial charge in [0.1, 0.15) is 0 Å². The van der Waals surface area contributed by atoms with Crippen LogP contribution in [0.4, 0.5) is 13.2 Å². The molecule has 0 aliphatic heterocycles. The van der Waals surface area contributed by atoms with E-state index in [1.54, 1.807) is 24.3 Å². The quantitative estimate of drug-likeness (QED) is 0.626. The van der Waals surface area contributed by atoms with Gasteiger partial charge in [-0.25, -0.2) is 4.68 Å². The highest BCUT2D eigenvalue weighted by Crippen LogP contribution is 2.28. The third kappa shape index (κ3) is 4.76. The molecule has 2 rings (SSSR count). The van der Waals surface area contributed by atoms with Gasteiger partial charge in [0.05, 0.1) is 5.75 Å². The number of nitrogens with zero attached hydrogens (tertiary/aromatic N) is 3. The summed E-state index contributed by atoms with van der Waals surface area (Å²) in [4.78, 5) is 11.7. The summed E-state index contributed by atoms with van der Waals surface area (Å²) in [6.07, 6.45) is -4.70. The van der Waals surface area contributed by atoms with Crippen LogP contribution in [0.2, 0.25) is 5.02 Å². The van der Waals surface area contributed by atoms with Gasteiger partial charge < -0.3 is 11.2 Å². The van der Waals surface area contributed by atoms with Crippen molar-refractivity contribution in [2.24, 2.45) is 0 Å². The van der Waals surface area contributed by atoms with Crippen LogP contribution in [0, 0.1) is 0 Å². The number of thioether (sulfide) groups is 1. The van der Waals surface area contributed by atoms with E-state index in [2.05, 4.69) is 15.5 Å². The molecule has 0 saturated heterocycles. The van der Waals surface area contributed by atoms with E-state index in [0.29, 0.717) is 9.70 Å². The number of hydrogen-bond donors (Lipinski definition) is 2. The molecular weight excluding hydrogens is 355 g/mol. The summed E-state index contributed by atoms with van der Waals surface area (Å²) in [6, 6.07) is 6.88. The lowest BCUT2D eigenvalue weighted by Gasteiger charge is -2.07. The van der Waals surface area contributed by atoms with Crippen LogP contribution in [-0.4, -0.2) is 26.5 Å². The number of carbonyl (C=O) groups excluding carboxylic acids is 1. The number of rotatable bonds is 5. The minimum Gasteiger partial charge on any atom is -0.351 e. The molecule has 0 saturated carbocycles. The molecule has 1 heterocycles. The summed E-state index contributed by atoms with van der Waals surface area (Å²) >= 11 is 6.50. The Morgan fingerprint density at radius 3 is 2.52 bits per heavy atom. The molecule has 0 aliphatic rings. The Morgan fingerprint density at radius 2 is 1.96 bits per heavy atom. The van der Waals surface area contributed by atoms with Gasteiger partial charge in [0.15, 0.2) is 0 Å². The van der Waals surface area contributed by atoms with E-state index in [4.69, 9.17) is 17.4 Å². The van der Waals surface area contributed by atoms with Crippen LogP contribution in [0.5, 0.6) is 0 Å². The zero-order chi connectivity index (χ0) is 17.0. The fourth-order valence-electron chi connectivity index (χ4n) is 1.55. The summed E-state index contributed by atoms with van der Waals surface area (Å²) in [6.45, 7) is 0.277. The fourth-order valence-corrected chi connectivity index (χ4v) is 2.37. The van der Waals surface area contributed by atoms with Gasteiger partial charge >= 0.3 is 6.18 Å². The maximum atomic E-state index is 12.5. The maximum absolute atomic E-state index is 12.5. The van der Waals surface area contributed by atoms with Crippen molar-refractivity contribution >= 4 is 29.3 Å². The maximum Gasteiger partial charge on any atom is 0.453 e. The van der Waals surface area contributed by atoms with Crippen LogP contribution in [0.1, 0.15) is 11.4 Å². The third-order valence-electron chi connectivity index (χ3n) is 2.65. The Bertz CT molecular complexity index is 689. The van der Waals surface area contributed by atoms with Crippen molar-refractivity contribution in [1.29, 1.82) is 0 Å². The minimum absolute atomic E-state index is 0.138. The van der Waals surface area contributed by atoms with Gasteiger partial charge in [-0.15, -0.1) is 10.2 Å². The van der Waals surface area contributed by atoms with Crippen LogP contribution in [0.15, 0.2) is 29.4 Å². The molecule has 11 heteroatoms. The zero-order valence-electron chi connectivity index (χ0n) is 11.5. The molecule has 1 aromatic heterocycles. The lowest BCUT2D eigenvalue weighted by Crippen LogP contribution is -2.25. The number of hydrogen-bond acceptors (Lipinski definition) is 5. The highest BCUT2D eigenvalue weighted by molar-refractivity contribution is 7.99. The number of amides is 1. The molecule has 124 valence electrons. The van der Waals surface area contributed by atoms with Crippen LogP contribution in [0.3, 0.4) is 0 Å². The number of nitrogens with two attached hydrogens (primary N) is 1. The van der Waals surface area contributed by atoms with Crippen molar-refractivity contribution < 1.29 is 18.0 Å². The van der Waals surface area contributed by atoms with Crippen molar-refractivity contribution in [1.82, 2.24) is 20.2 Å². The first-order valence-electron chi connectivity index (χ1n) is 6.19. The molecule has 0 radical (unpaired) electrons. The summed E-state index contributed by atoms with van der Waals surface area (Å²) < 4.78 is 37.8. The number of aromatic nitrogens is 3. The highest BCUT2D eigenvalue weighted by Gasteiger charge is 2.38. The largest absolute Gasteiger partial charge is 0.453 e. The molecule has 0 bridgehead atoms. The number of benzene rings is 1. The second-order valence-electron chi connectivity index (χ2n) is 4.37. The van der Waals surface area contributed by atoms with Gasteiger partial charge in [-0.1, -0.05) is 35.5 Å². The van der Waals surface area contributed by atoms with Gasteiger partial charge in [-0.2, -0.15) is 13.2 Å². The van der Waals surface area contributed by atoms with E-state index >= 15 is 0 Å². The fraction of sp³-hybridized carbons (Fsp3) is 0.250. The summed E-state index contributed by atoms with van der Waals surface area (Å²) in [5.74, 6) is 3.43. The standard InChI is InChI=1S/C12H11ClF3N5OS/c13-8-3-1-7(2-4-8)5-18-9(22)6-23-11-20-19-10(21(11)17)12(14,15)16/h1-4H,5-6,17H2,(H,18,22). The van der Waals surface area contributed by atoms with Crippen LogP contribution >= 0.6 is 23.4 Å². The van der Waals surface area contributed by atoms with Gasteiger partial charge in [0, 0.05) is 11.6 Å². The highest BCUT2D eigenvalue weighted by atomic mass is 35.5. The Morgan fingerprint density at radius 1 is 1.30 bits per heavy atom. The molecule has 0 unspecified atom stereocenters. The Hall–Kier alpha value is -1.94. The van der Waals surface area contributed by atoms with Gasteiger partial charge in [-0.05, 0) is 17.7 Å². The molecule has 6 nitrogen and oxygen atoms in total. The summed E-state index contributed by atoms with van der Waals surface area (Å²) in [5, 5.41) is 9.29. The SMILES string of the molecule is Nn1c(SCC(=O)NCc2ccc(Cl)cc2)nnc1C(F)(F)F. The molecule has 0 atom stereocenters. The van der Waals surface area contributed by atoms with Crippen molar-refractivity contribution in [3.63, 3.8) is 0 Å². The molecule has 2 aromatic rings. The van der Waals surface area contributed by atoms with Crippen LogP contribution in [0.25, 0.3) is 0 Å². The number of nitrogens with one attached hydrogen (secondary N) is 1. The molecule has 23 heavy (non-hydrogen) atoms. The Kier molecular flexibility index (Phi) is 5.37. The monoisotopic (exact) mass is 365 g/mol. The first-order chi connectivity index (χ1) is 10.8. The average Bonchev–Trinajstić information content (AvgIpc) is 2.85. The molecule has 1 amide bonds. The van der Waals surface area contributed by atoms with Gasteiger partial charge in [0.2, 0.25) is 11.1 Å². The van der Waals surface area contributed by atoms with Crippen molar-refractivity contribution in [3.8, 4) is 0 Å². The number of halogens is 4. The van der Waals surface area contributed by atoms with Gasteiger partial charge in [0.25, 0.3) is 5.82 Å². The number of nitrogen functional groups attached to an aromatic ring is 1. The molecule has 0 fully saturated rings. The Balaban J connectivity index is 1.85. The molecule has 1 aromatic carbocycles. The summed E-state index contributed by atoms with van der Waals surface area (Å²) in [5.41, 5.74) is 0.842. The minimum atomic E-state index is -4.70. The first kappa shape index (κ1) is 17.4. The molecule has 3 N–H and O–H groups in total. The first-order valence-corrected chi connectivity index (χ1v) is 7.55. The third-order valence-corrected chi connectivity index (χ3v) is 3.85. The number of carbonyl (C=O) groups is 1. The van der Waals surface area contributed by atoms with E-state index in [1.165, 1.54) is 0 Å². The van der Waals surface area contributed by atoms with E-state index in [-0.39, 0.29) is 23.4 Å². The van der Waals surface area contributed by atoms with E-state index in [9.17, 15) is 18.0 Å². The van der Waals surface area contributed by atoms with E-state index in [0.717, 1.165) is 17.3 Å². The molecular formula is C12H11ClF3N5OS. The van der Waals surface area contributed by atoms with Crippen molar-refractivity contribution in [2.75, 3.05) is 11.6 Å².